The summed E-state index contributed by atoms with van der Waals surface area (Å²) < 4.78 is 0. The van der Waals surface area contributed by atoms with Crippen LogP contribution in [-0.4, -0.2) is 29.5 Å². The Bertz CT molecular complexity index is 930. The minimum atomic E-state index is 0.672. The van der Waals surface area contributed by atoms with Crippen molar-refractivity contribution in [3.63, 3.8) is 0 Å². The molecule has 0 atom stereocenters. The lowest BCUT2D eigenvalue weighted by atomic mass is 10.2. The molecule has 28 heavy (non-hydrogen) atoms. The number of anilines is 1. The van der Waals surface area contributed by atoms with Gasteiger partial charge < -0.3 is 5.32 Å². The van der Waals surface area contributed by atoms with Gasteiger partial charge in [0.2, 0.25) is 0 Å². The predicted octanol–water partition coefficient (Wildman–Crippen LogP) is 6.91. The Balaban J connectivity index is 1.56. The van der Waals surface area contributed by atoms with Crippen molar-refractivity contribution in [1.82, 2.24) is 9.88 Å². The van der Waals surface area contributed by atoms with Crippen molar-refractivity contribution in [3.8, 4) is 0 Å². The van der Waals surface area contributed by atoms with Gasteiger partial charge in [0.25, 0.3) is 0 Å². The van der Waals surface area contributed by atoms with Crippen LogP contribution in [0, 0.1) is 0 Å². The third-order valence-electron chi connectivity index (χ3n) is 4.62. The van der Waals surface area contributed by atoms with Crippen LogP contribution in [0.4, 0.5) is 5.69 Å². The van der Waals surface area contributed by atoms with E-state index < -0.39 is 0 Å². The molecule has 3 nitrogen and oxygen atoms in total. The van der Waals surface area contributed by atoms with Gasteiger partial charge in [-0.1, -0.05) is 47.8 Å². The van der Waals surface area contributed by atoms with Crippen LogP contribution in [0.15, 0.2) is 48.7 Å². The van der Waals surface area contributed by atoms with E-state index in [1.165, 1.54) is 0 Å². The highest BCUT2D eigenvalue weighted by atomic mass is 35.5. The lowest BCUT2D eigenvalue weighted by Gasteiger charge is -2.22. The zero-order valence-electron chi connectivity index (χ0n) is 15.9. The Morgan fingerprint density at radius 2 is 1.75 bits per heavy atom. The summed E-state index contributed by atoms with van der Waals surface area (Å²) in [7, 11) is 0. The van der Waals surface area contributed by atoms with Gasteiger partial charge >= 0.3 is 0 Å². The van der Waals surface area contributed by atoms with Gasteiger partial charge in [0.15, 0.2) is 0 Å². The second kappa shape index (κ2) is 10.3. The lowest BCUT2D eigenvalue weighted by molar-refractivity contribution is 0.265. The van der Waals surface area contributed by atoms with Gasteiger partial charge in [-0.2, -0.15) is 0 Å². The molecular weight excluding hydrogens is 413 g/mol. The van der Waals surface area contributed by atoms with Gasteiger partial charge in [0.1, 0.15) is 0 Å². The maximum Gasteiger partial charge on any atom is 0.0737 e. The number of halogens is 3. The van der Waals surface area contributed by atoms with E-state index >= 15 is 0 Å². The first-order valence-electron chi connectivity index (χ1n) is 9.51. The standard InChI is InChI=1S/C22H24Cl3N3/c1-2-11-28(15-16-4-5-17(23)13-20(16)25)12-3-9-26-21-8-10-27-22-14-18(24)6-7-19(21)22/h4-8,10,13-14H,2-3,9,11-12,15H2,1H3,(H,26,27). The minimum Gasteiger partial charge on any atom is -0.384 e. The number of nitrogens with zero attached hydrogens (tertiary/aromatic N) is 2. The fourth-order valence-electron chi connectivity index (χ4n) is 3.28. The molecule has 0 spiro atoms. The van der Waals surface area contributed by atoms with Crippen molar-refractivity contribution in [2.24, 2.45) is 0 Å². The number of fused-ring (bicyclic) bond motifs is 1. The van der Waals surface area contributed by atoms with Crippen LogP contribution in [0.2, 0.25) is 15.1 Å². The topological polar surface area (TPSA) is 28.2 Å². The highest BCUT2D eigenvalue weighted by Crippen LogP contribution is 2.25. The Morgan fingerprint density at radius 1 is 0.964 bits per heavy atom. The van der Waals surface area contributed by atoms with Crippen molar-refractivity contribution in [1.29, 1.82) is 0 Å². The molecule has 0 amide bonds. The van der Waals surface area contributed by atoms with E-state index in [1.807, 2.05) is 48.7 Å². The molecule has 0 bridgehead atoms. The molecule has 1 aromatic heterocycles. The highest BCUT2D eigenvalue weighted by molar-refractivity contribution is 6.35. The van der Waals surface area contributed by atoms with E-state index in [0.29, 0.717) is 10.0 Å². The highest BCUT2D eigenvalue weighted by Gasteiger charge is 2.09. The summed E-state index contributed by atoms with van der Waals surface area (Å²) in [6.45, 7) is 5.95. The van der Waals surface area contributed by atoms with Crippen molar-refractivity contribution >= 4 is 51.4 Å². The molecule has 1 N–H and O–H groups in total. The second-order valence-corrected chi connectivity index (χ2v) is 8.09. The molecule has 0 radical (unpaired) electrons. The fraction of sp³-hybridized carbons (Fsp3) is 0.318. The molecular formula is C22H24Cl3N3. The molecule has 2 aromatic carbocycles. The first-order valence-corrected chi connectivity index (χ1v) is 10.6. The molecule has 6 heteroatoms. The summed E-state index contributed by atoms with van der Waals surface area (Å²) in [5.74, 6) is 0. The number of rotatable bonds is 9. The average molecular weight is 437 g/mol. The Morgan fingerprint density at radius 3 is 2.54 bits per heavy atom. The Hall–Kier alpha value is -1.52. The van der Waals surface area contributed by atoms with E-state index in [1.54, 1.807) is 0 Å². The van der Waals surface area contributed by atoms with Crippen LogP contribution in [0.25, 0.3) is 10.9 Å². The maximum atomic E-state index is 6.34. The van der Waals surface area contributed by atoms with Crippen molar-refractivity contribution in [3.05, 3.63) is 69.3 Å². The summed E-state index contributed by atoms with van der Waals surface area (Å²) >= 11 is 18.4. The van der Waals surface area contributed by atoms with E-state index in [-0.39, 0.29) is 0 Å². The summed E-state index contributed by atoms with van der Waals surface area (Å²) in [6.07, 6.45) is 3.95. The van der Waals surface area contributed by atoms with Gasteiger partial charge in [-0.05, 0) is 61.3 Å². The third kappa shape index (κ3) is 5.74. The molecule has 3 aromatic rings. The normalized spacial score (nSPS) is 11.3. The molecule has 0 aliphatic rings. The molecule has 3 rings (SSSR count). The quantitative estimate of drug-likeness (QED) is 0.369. The van der Waals surface area contributed by atoms with Crippen LogP contribution in [0.5, 0.6) is 0 Å². The predicted molar refractivity (Wildman–Crippen MR) is 122 cm³/mol. The van der Waals surface area contributed by atoms with Crippen LogP contribution in [0.3, 0.4) is 0 Å². The van der Waals surface area contributed by atoms with Gasteiger partial charge in [-0.15, -0.1) is 0 Å². The Kier molecular flexibility index (Phi) is 7.81. The lowest BCUT2D eigenvalue weighted by Crippen LogP contribution is -2.26. The zero-order valence-corrected chi connectivity index (χ0v) is 18.2. The number of nitrogens with one attached hydrogen (secondary N) is 1. The SMILES string of the molecule is CCCN(CCCNc1ccnc2cc(Cl)ccc12)Cc1ccc(Cl)cc1Cl. The first kappa shape index (κ1) is 21.2. The van der Waals surface area contributed by atoms with Crippen LogP contribution < -0.4 is 5.32 Å². The average Bonchev–Trinajstić information content (AvgIpc) is 2.67. The first-order chi connectivity index (χ1) is 13.6. The molecule has 0 aliphatic carbocycles. The van der Waals surface area contributed by atoms with Crippen LogP contribution in [0.1, 0.15) is 25.3 Å². The fourth-order valence-corrected chi connectivity index (χ4v) is 3.91. The van der Waals surface area contributed by atoms with E-state index in [0.717, 1.165) is 66.2 Å². The van der Waals surface area contributed by atoms with Gasteiger partial charge in [0.05, 0.1) is 5.52 Å². The van der Waals surface area contributed by atoms with E-state index in [4.69, 9.17) is 34.8 Å². The molecule has 0 saturated heterocycles. The zero-order chi connectivity index (χ0) is 19.9. The maximum absolute atomic E-state index is 6.34. The smallest absolute Gasteiger partial charge is 0.0737 e. The molecule has 0 fully saturated rings. The van der Waals surface area contributed by atoms with Gasteiger partial charge in [-0.3, -0.25) is 9.88 Å². The summed E-state index contributed by atoms with van der Waals surface area (Å²) in [5, 5.41) is 6.73. The third-order valence-corrected chi connectivity index (χ3v) is 5.44. The second-order valence-electron chi connectivity index (χ2n) is 6.81. The Labute approximate surface area is 181 Å². The van der Waals surface area contributed by atoms with Crippen LogP contribution >= 0.6 is 34.8 Å². The van der Waals surface area contributed by atoms with Gasteiger partial charge in [0, 0.05) is 52.0 Å². The summed E-state index contributed by atoms with van der Waals surface area (Å²) in [5.41, 5.74) is 3.11. The van der Waals surface area contributed by atoms with Crippen LogP contribution in [-0.2, 0) is 6.54 Å². The van der Waals surface area contributed by atoms with Crippen molar-refractivity contribution < 1.29 is 0 Å². The summed E-state index contributed by atoms with van der Waals surface area (Å²) in [4.78, 5) is 6.82. The molecule has 148 valence electrons. The number of pyridine rings is 1. The number of hydrogen-bond donors (Lipinski definition) is 1. The molecule has 0 unspecified atom stereocenters. The molecule has 1 heterocycles. The van der Waals surface area contributed by atoms with E-state index in [9.17, 15) is 0 Å². The summed E-state index contributed by atoms with van der Waals surface area (Å²) in [6, 6.07) is 13.5. The van der Waals surface area contributed by atoms with Crippen molar-refractivity contribution in [2.75, 3.05) is 25.0 Å². The number of aromatic nitrogens is 1. The van der Waals surface area contributed by atoms with Gasteiger partial charge in [-0.25, -0.2) is 0 Å². The van der Waals surface area contributed by atoms with E-state index in [2.05, 4.69) is 22.1 Å². The molecule has 0 aliphatic heterocycles. The minimum absolute atomic E-state index is 0.672. The monoisotopic (exact) mass is 435 g/mol. The van der Waals surface area contributed by atoms with Crippen molar-refractivity contribution in [2.45, 2.75) is 26.3 Å². The number of hydrogen-bond acceptors (Lipinski definition) is 3. The number of benzene rings is 2. The largest absolute Gasteiger partial charge is 0.384 e. The molecule has 0 saturated carbocycles.